The summed E-state index contributed by atoms with van der Waals surface area (Å²) < 4.78 is 23.6. The van der Waals surface area contributed by atoms with Gasteiger partial charge in [0.1, 0.15) is 18.2 Å². The first-order chi connectivity index (χ1) is 11.2. The van der Waals surface area contributed by atoms with Gasteiger partial charge in [-0.1, -0.05) is 19.1 Å². The molecule has 5 heteroatoms. The van der Waals surface area contributed by atoms with Crippen molar-refractivity contribution in [3.63, 3.8) is 0 Å². The Kier molecular flexibility index (Phi) is 7.26. The van der Waals surface area contributed by atoms with Crippen LogP contribution in [0, 0.1) is 5.82 Å². The van der Waals surface area contributed by atoms with Crippen LogP contribution in [-0.2, 0) is 17.9 Å². The van der Waals surface area contributed by atoms with Crippen LogP contribution in [0.3, 0.4) is 0 Å². The molecule has 1 atom stereocenters. The summed E-state index contributed by atoms with van der Waals surface area (Å²) in [5.74, 6) is 0.510. The molecule has 0 unspecified atom stereocenters. The predicted molar refractivity (Wildman–Crippen MR) is 86.3 cm³/mol. The molecule has 23 heavy (non-hydrogen) atoms. The third-order valence-electron chi connectivity index (χ3n) is 3.46. The number of aliphatic hydroxyl groups excluding tert-OH is 1. The summed E-state index contributed by atoms with van der Waals surface area (Å²) in [6.45, 7) is 4.77. The first-order valence-corrected chi connectivity index (χ1v) is 7.92. The SMILES string of the molecule is CCCN(Cc1ccc(F)cc1)C[C@@H](O)COCc1ccco1. The average Bonchev–Trinajstić information content (AvgIpc) is 3.03. The van der Waals surface area contributed by atoms with Crippen LogP contribution in [0.15, 0.2) is 47.1 Å². The summed E-state index contributed by atoms with van der Waals surface area (Å²) in [6.07, 6.45) is 2.01. The molecule has 126 valence electrons. The van der Waals surface area contributed by atoms with Crippen molar-refractivity contribution in [1.29, 1.82) is 0 Å². The molecule has 1 N–H and O–H groups in total. The minimum absolute atomic E-state index is 0.234. The molecule has 0 aliphatic heterocycles. The largest absolute Gasteiger partial charge is 0.467 e. The van der Waals surface area contributed by atoms with Crippen molar-refractivity contribution in [3.8, 4) is 0 Å². The van der Waals surface area contributed by atoms with Crippen LogP contribution in [0.1, 0.15) is 24.7 Å². The smallest absolute Gasteiger partial charge is 0.129 e. The van der Waals surface area contributed by atoms with E-state index in [0.29, 0.717) is 19.7 Å². The molecule has 0 spiro atoms. The van der Waals surface area contributed by atoms with Gasteiger partial charge in [0.2, 0.25) is 0 Å². The van der Waals surface area contributed by atoms with E-state index in [-0.39, 0.29) is 12.4 Å². The van der Waals surface area contributed by atoms with Gasteiger partial charge in [-0.25, -0.2) is 4.39 Å². The molecule has 0 saturated heterocycles. The van der Waals surface area contributed by atoms with E-state index in [4.69, 9.17) is 9.15 Å². The number of rotatable bonds is 10. The normalized spacial score (nSPS) is 12.7. The summed E-state index contributed by atoms with van der Waals surface area (Å²) in [7, 11) is 0. The second kappa shape index (κ2) is 9.45. The molecule has 1 aromatic carbocycles. The summed E-state index contributed by atoms with van der Waals surface area (Å²) >= 11 is 0. The minimum atomic E-state index is -0.572. The maximum absolute atomic E-state index is 13.0. The molecule has 0 fully saturated rings. The van der Waals surface area contributed by atoms with Gasteiger partial charge in [0, 0.05) is 13.1 Å². The Morgan fingerprint density at radius 3 is 2.70 bits per heavy atom. The first-order valence-electron chi connectivity index (χ1n) is 7.92. The van der Waals surface area contributed by atoms with Crippen molar-refractivity contribution in [2.45, 2.75) is 32.6 Å². The highest BCUT2D eigenvalue weighted by Gasteiger charge is 2.12. The minimum Gasteiger partial charge on any atom is -0.467 e. The molecule has 0 saturated carbocycles. The standard InChI is InChI=1S/C18H24FNO3/c1-2-9-20(11-15-5-7-16(19)8-6-15)12-17(21)13-22-14-18-4-3-10-23-18/h3-8,10,17,21H,2,9,11-14H2,1H3/t17-/m1/s1. The Labute approximate surface area is 136 Å². The molecule has 0 aliphatic carbocycles. The molecule has 1 heterocycles. The Morgan fingerprint density at radius 1 is 1.26 bits per heavy atom. The van der Waals surface area contributed by atoms with Gasteiger partial charge in [0.15, 0.2) is 0 Å². The van der Waals surface area contributed by atoms with Crippen LogP contribution in [0.25, 0.3) is 0 Å². The molecule has 1 aromatic heterocycles. The fraction of sp³-hybridized carbons (Fsp3) is 0.444. The molecule has 0 amide bonds. The van der Waals surface area contributed by atoms with Gasteiger partial charge in [0.05, 0.1) is 19.0 Å². The Bertz CT molecular complexity index is 542. The van der Waals surface area contributed by atoms with Gasteiger partial charge in [0.25, 0.3) is 0 Å². The van der Waals surface area contributed by atoms with E-state index in [1.165, 1.54) is 12.1 Å². The highest BCUT2D eigenvalue weighted by Crippen LogP contribution is 2.09. The number of nitrogens with zero attached hydrogens (tertiary/aromatic N) is 1. The zero-order chi connectivity index (χ0) is 16.5. The molecular formula is C18H24FNO3. The van der Waals surface area contributed by atoms with Crippen LogP contribution in [-0.4, -0.2) is 35.8 Å². The molecule has 0 bridgehead atoms. The second-order valence-electron chi connectivity index (χ2n) is 5.61. The third-order valence-corrected chi connectivity index (χ3v) is 3.46. The molecule has 2 rings (SSSR count). The molecule has 2 aromatic rings. The maximum atomic E-state index is 13.0. The van der Waals surface area contributed by atoms with Crippen molar-refractivity contribution in [2.75, 3.05) is 19.7 Å². The van der Waals surface area contributed by atoms with E-state index in [1.807, 2.05) is 6.07 Å². The zero-order valence-electron chi connectivity index (χ0n) is 13.5. The lowest BCUT2D eigenvalue weighted by molar-refractivity contribution is 0.00387. The third kappa shape index (κ3) is 6.52. The van der Waals surface area contributed by atoms with Crippen molar-refractivity contribution < 1.29 is 18.7 Å². The summed E-state index contributed by atoms with van der Waals surface area (Å²) in [6, 6.07) is 10.1. The zero-order valence-corrected chi connectivity index (χ0v) is 13.5. The predicted octanol–water partition coefficient (Wildman–Crippen LogP) is 3.21. The average molecular weight is 321 g/mol. The first kappa shape index (κ1) is 17.7. The number of benzene rings is 1. The van der Waals surface area contributed by atoms with Gasteiger partial charge >= 0.3 is 0 Å². The Balaban J connectivity index is 1.76. The van der Waals surface area contributed by atoms with E-state index in [1.54, 1.807) is 24.5 Å². The van der Waals surface area contributed by atoms with Gasteiger partial charge in [-0.2, -0.15) is 0 Å². The van der Waals surface area contributed by atoms with Gasteiger partial charge < -0.3 is 14.3 Å². The van der Waals surface area contributed by atoms with Gasteiger partial charge in [-0.15, -0.1) is 0 Å². The number of halogens is 1. The lowest BCUT2D eigenvalue weighted by Gasteiger charge is -2.24. The number of furan rings is 1. The van der Waals surface area contributed by atoms with Crippen LogP contribution in [0.5, 0.6) is 0 Å². The topological polar surface area (TPSA) is 45.8 Å². The molecule has 0 radical (unpaired) electrons. The lowest BCUT2D eigenvalue weighted by atomic mass is 10.2. The summed E-state index contributed by atoms with van der Waals surface area (Å²) in [5.41, 5.74) is 1.03. The molecule has 4 nitrogen and oxygen atoms in total. The van der Waals surface area contributed by atoms with Crippen LogP contribution in [0.4, 0.5) is 4.39 Å². The monoisotopic (exact) mass is 321 g/mol. The number of hydrogen-bond acceptors (Lipinski definition) is 4. The fourth-order valence-corrected chi connectivity index (χ4v) is 2.44. The van der Waals surface area contributed by atoms with Crippen LogP contribution < -0.4 is 0 Å². The molecule has 0 aliphatic rings. The second-order valence-corrected chi connectivity index (χ2v) is 5.61. The van der Waals surface area contributed by atoms with E-state index < -0.39 is 6.10 Å². The highest BCUT2D eigenvalue weighted by atomic mass is 19.1. The van der Waals surface area contributed by atoms with Crippen molar-refractivity contribution in [1.82, 2.24) is 4.90 Å². The lowest BCUT2D eigenvalue weighted by Crippen LogP contribution is -2.35. The summed E-state index contributed by atoms with van der Waals surface area (Å²) in [4.78, 5) is 2.15. The van der Waals surface area contributed by atoms with Crippen LogP contribution in [0.2, 0.25) is 0 Å². The maximum Gasteiger partial charge on any atom is 0.129 e. The van der Waals surface area contributed by atoms with E-state index >= 15 is 0 Å². The van der Waals surface area contributed by atoms with Crippen molar-refractivity contribution in [3.05, 3.63) is 59.8 Å². The Hall–Kier alpha value is -1.69. The van der Waals surface area contributed by atoms with E-state index in [9.17, 15) is 9.50 Å². The van der Waals surface area contributed by atoms with Crippen LogP contribution >= 0.6 is 0 Å². The van der Waals surface area contributed by atoms with Gasteiger partial charge in [-0.3, -0.25) is 4.90 Å². The van der Waals surface area contributed by atoms with Crippen molar-refractivity contribution in [2.24, 2.45) is 0 Å². The van der Waals surface area contributed by atoms with Crippen molar-refractivity contribution >= 4 is 0 Å². The fourth-order valence-electron chi connectivity index (χ4n) is 2.44. The number of ether oxygens (including phenoxy) is 1. The highest BCUT2D eigenvalue weighted by molar-refractivity contribution is 5.15. The number of aliphatic hydroxyl groups is 1. The van der Waals surface area contributed by atoms with E-state index in [2.05, 4.69) is 11.8 Å². The quantitative estimate of drug-likeness (QED) is 0.730. The van der Waals surface area contributed by atoms with Gasteiger partial charge in [-0.05, 0) is 42.8 Å². The van der Waals surface area contributed by atoms with E-state index in [0.717, 1.165) is 24.3 Å². The Morgan fingerprint density at radius 2 is 2.04 bits per heavy atom. The summed E-state index contributed by atoms with van der Waals surface area (Å²) in [5, 5.41) is 10.1. The number of hydrogen-bond donors (Lipinski definition) is 1. The molecular weight excluding hydrogens is 297 g/mol.